The van der Waals surface area contributed by atoms with Crippen LogP contribution in [-0.2, 0) is 26.5 Å². The number of nitrogens with zero attached hydrogens (tertiary/aromatic N) is 2. The van der Waals surface area contributed by atoms with Crippen LogP contribution in [0.4, 0.5) is 10.5 Å². The zero-order valence-electron chi connectivity index (χ0n) is 19.0. The summed E-state index contributed by atoms with van der Waals surface area (Å²) in [7, 11) is -1.76. The quantitative estimate of drug-likeness (QED) is 0.654. The Morgan fingerprint density at radius 1 is 0.969 bits per heavy atom. The van der Waals surface area contributed by atoms with Crippen molar-refractivity contribution in [3.05, 3.63) is 65.2 Å². The molecule has 0 saturated carbocycles. The minimum Gasteiger partial charge on any atom is -0.465 e. The Balaban J connectivity index is 1.88. The summed E-state index contributed by atoms with van der Waals surface area (Å²) in [6.45, 7) is 7.03. The van der Waals surface area contributed by atoms with Crippen LogP contribution in [-0.4, -0.2) is 57.0 Å². The first-order valence-electron chi connectivity index (χ1n) is 10.5. The molecule has 0 unspecified atom stereocenters. The standard InChI is InChI=1S/C24H30N2O5S/c1-24(2,3)20-9-11-21(12-10-20)26(23(28)25-13-15-32(29,30)16-14-25)17-18-5-7-19(8-6-18)22(27)31-4/h5-12H,13-17H2,1-4H3. The van der Waals surface area contributed by atoms with Crippen molar-refractivity contribution < 1.29 is 22.7 Å². The first-order chi connectivity index (χ1) is 15.0. The number of rotatable bonds is 4. The third-order valence-corrected chi connectivity index (χ3v) is 7.22. The first kappa shape index (κ1) is 23.8. The van der Waals surface area contributed by atoms with Gasteiger partial charge >= 0.3 is 12.0 Å². The summed E-state index contributed by atoms with van der Waals surface area (Å²) >= 11 is 0. The molecule has 0 aliphatic carbocycles. The van der Waals surface area contributed by atoms with E-state index >= 15 is 0 Å². The Kier molecular flexibility index (Phi) is 6.93. The second kappa shape index (κ2) is 9.32. The molecule has 2 aromatic carbocycles. The monoisotopic (exact) mass is 458 g/mol. The molecule has 8 heteroatoms. The number of esters is 1. The fraction of sp³-hybridized carbons (Fsp3) is 0.417. The molecule has 2 aromatic rings. The highest BCUT2D eigenvalue weighted by atomic mass is 32.2. The molecule has 0 aromatic heterocycles. The van der Waals surface area contributed by atoms with Gasteiger partial charge < -0.3 is 9.64 Å². The molecule has 3 rings (SSSR count). The van der Waals surface area contributed by atoms with Gasteiger partial charge in [0.2, 0.25) is 0 Å². The Bertz CT molecular complexity index is 1060. The number of ether oxygens (including phenoxy) is 1. The van der Waals surface area contributed by atoms with Crippen LogP contribution < -0.4 is 4.90 Å². The van der Waals surface area contributed by atoms with Gasteiger partial charge in [-0.15, -0.1) is 0 Å². The van der Waals surface area contributed by atoms with Crippen molar-refractivity contribution in [2.45, 2.75) is 32.7 Å². The molecule has 32 heavy (non-hydrogen) atoms. The average molecular weight is 459 g/mol. The van der Waals surface area contributed by atoms with E-state index in [0.29, 0.717) is 12.1 Å². The molecule has 1 saturated heterocycles. The molecule has 1 fully saturated rings. The molecule has 0 atom stereocenters. The molecule has 0 spiro atoms. The molecule has 1 heterocycles. The van der Waals surface area contributed by atoms with Crippen molar-refractivity contribution in [1.29, 1.82) is 0 Å². The second-order valence-electron chi connectivity index (χ2n) is 8.99. The highest BCUT2D eigenvalue weighted by Gasteiger charge is 2.29. The summed E-state index contributed by atoms with van der Waals surface area (Å²) in [6.07, 6.45) is 0. The smallest absolute Gasteiger partial charge is 0.337 e. The molecule has 0 N–H and O–H groups in total. The van der Waals surface area contributed by atoms with Crippen molar-refractivity contribution in [3.8, 4) is 0 Å². The lowest BCUT2D eigenvalue weighted by Gasteiger charge is -2.33. The van der Waals surface area contributed by atoms with Crippen molar-refractivity contribution in [2.24, 2.45) is 0 Å². The number of carbonyl (C=O) groups excluding carboxylic acids is 2. The number of anilines is 1. The normalized spacial score (nSPS) is 15.8. The van der Waals surface area contributed by atoms with Gasteiger partial charge in [0.25, 0.3) is 0 Å². The second-order valence-corrected chi connectivity index (χ2v) is 11.3. The lowest BCUT2D eigenvalue weighted by Crippen LogP contribution is -2.49. The van der Waals surface area contributed by atoms with Crippen LogP contribution in [0.1, 0.15) is 42.3 Å². The highest BCUT2D eigenvalue weighted by molar-refractivity contribution is 7.91. The van der Waals surface area contributed by atoms with Gasteiger partial charge in [0, 0.05) is 18.8 Å². The van der Waals surface area contributed by atoms with E-state index in [1.807, 2.05) is 24.3 Å². The summed E-state index contributed by atoms with van der Waals surface area (Å²) in [4.78, 5) is 28.3. The molecular weight excluding hydrogens is 428 g/mol. The molecule has 2 amide bonds. The van der Waals surface area contributed by atoms with E-state index in [0.717, 1.165) is 16.8 Å². The van der Waals surface area contributed by atoms with E-state index in [9.17, 15) is 18.0 Å². The SMILES string of the molecule is COC(=O)c1ccc(CN(C(=O)N2CCS(=O)(=O)CC2)c2ccc(C(C)(C)C)cc2)cc1. The van der Waals surface area contributed by atoms with Crippen LogP contribution in [0.2, 0.25) is 0 Å². The lowest BCUT2D eigenvalue weighted by molar-refractivity contribution is 0.0600. The first-order valence-corrected chi connectivity index (χ1v) is 12.4. The van der Waals surface area contributed by atoms with E-state index in [1.54, 1.807) is 34.1 Å². The predicted molar refractivity (Wildman–Crippen MR) is 125 cm³/mol. The number of methoxy groups -OCH3 is 1. The van der Waals surface area contributed by atoms with E-state index in [2.05, 4.69) is 20.8 Å². The summed E-state index contributed by atoms with van der Waals surface area (Å²) in [5.41, 5.74) is 3.15. The maximum Gasteiger partial charge on any atom is 0.337 e. The van der Waals surface area contributed by atoms with Gasteiger partial charge in [-0.1, -0.05) is 45.0 Å². The molecule has 0 bridgehead atoms. The maximum absolute atomic E-state index is 13.4. The number of sulfone groups is 1. The summed E-state index contributed by atoms with van der Waals surface area (Å²) in [5, 5.41) is 0. The Labute approximate surface area is 189 Å². The maximum atomic E-state index is 13.4. The zero-order valence-corrected chi connectivity index (χ0v) is 19.8. The number of carbonyl (C=O) groups is 2. The number of hydrogen-bond donors (Lipinski definition) is 0. The summed E-state index contributed by atoms with van der Waals surface area (Å²) < 4.78 is 28.3. The number of urea groups is 1. The minimum absolute atomic E-state index is 0.0156. The van der Waals surface area contributed by atoms with Crippen LogP contribution in [0, 0.1) is 0 Å². The number of amides is 2. The molecule has 1 aliphatic heterocycles. The topological polar surface area (TPSA) is 84.0 Å². The van der Waals surface area contributed by atoms with Gasteiger partial charge in [0.05, 0.1) is 30.7 Å². The van der Waals surface area contributed by atoms with Gasteiger partial charge in [-0.25, -0.2) is 18.0 Å². The predicted octanol–water partition coefficient (Wildman–Crippen LogP) is 3.63. The third kappa shape index (κ3) is 5.68. The van der Waals surface area contributed by atoms with E-state index in [4.69, 9.17) is 4.74 Å². The van der Waals surface area contributed by atoms with Crippen LogP contribution in [0.3, 0.4) is 0 Å². The number of benzene rings is 2. The summed E-state index contributed by atoms with van der Waals surface area (Å²) in [5.74, 6) is -0.469. The molecular formula is C24H30N2O5S. The van der Waals surface area contributed by atoms with Crippen LogP contribution in [0.5, 0.6) is 0 Å². The zero-order chi connectivity index (χ0) is 23.5. The van der Waals surface area contributed by atoms with E-state index in [-0.39, 0.29) is 36.0 Å². The van der Waals surface area contributed by atoms with Crippen LogP contribution in [0.15, 0.2) is 48.5 Å². The molecule has 1 aliphatic rings. The third-order valence-electron chi connectivity index (χ3n) is 5.61. The average Bonchev–Trinajstić information content (AvgIpc) is 2.76. The number of hydrogen-bond acceptors (Lipinski definition) is 5. The molecule has 0 radical (unpaired) electrons. The van der Waals surface area contributed by atoms with Crippen molar-refractivity contribution in [2.75, 3.05) is 36.6 Å². The Morgan fingerprint density at radius 2 is 1.53 bits per heavy atom. The lowest BCUT2D eigenvalue weighted by atomic mass is 9.87. The van der Waals surface area contributed by atoms with Crippen molar-refractivity contribution >= 4 is 27.5 Å². The Hall–Kier alpha value is -2.87. The van der Waals surface area contributed by atoms with Gasteiger partial charge in [-0.2, -0.15) is 0 Å². The van der Waals surface area contributed by atoms with Crippen molar-refractivity contribution in [3.63, 3.8) is 0 Å². The fourth-order valence-corrected chi connectivity index (χ4v) is 4.73. The molecule has 172 valence electrons. The highest BCUT2D eigenvalue weighted by Crippen LogP contribution is 2.27. The van der Waals surface area contributed by atoms with Gasteiger partial charge in [0.1, 0.15) is 0 Å². The van der Waals surface area contributed by atoms with Crippen LogP contribution >= 0.6 is 0 Å². The summed E-state index contributed by atoms with van der Waals surface area (Å²) in [6, 6.07) is 14.5. The largest absolute Gasteiger partial charge is 0.465 e. The van der Waals surface area contributed by atoms with Crippen LogP contribution in [0.25, 0.3) is 0 Å². The minimum atomic E-state index is -3.09. The van der Waals surface area contributed by atoms with E-state index in [1.165, 1.54) is 7.11 Å². The van der Waals surface area contributed by atoms with Crippen molar-refractivity contribution in [1.82, 2.24) is 4.90 Å². The van der Waals surface area contributed by atoms with Gasteiger partial charge in [-0.05, 0) is 40.8 Å². The Morgan fingerprint density at radius 3 is 2.03 bits per heavy atom. The van der Waals surface area contributed by atoms with Gasteiger partial charge in [-0.3, -0.25) is 4.90 Å². The van der Waals surface area contributed by atoms with Gasteiger partial charge in [0.15, 0.2) is 9.84 Å². The molecule has 7 nitrogen and oxygen atoms in total. The fourth-order valence-electron chi connectivity index (χ4n) is 3.53. The van der Waals surface area contributed by atoms with E-state index < -0.39 is 15.8 Å².